The maximum Gasteiger partial charge on any atom is 0.433 e. The first-order valence-electron chi connectivity index (χ1n) is 17.1. The number of benzene rings is 1. The highest BCUT2D eigenvalue weighted by atomic mass is 19.4. The Labute approximate surface area is 292 Å². The van der Waals surface area contributed by atoms with Gasteiger partial charge < -0.3 is 4.90 Å². The molecule has 2 aliphatic heterocycles. The molecule has 3 aliphatic rings. The molecule has 1 saturated heterocycles. The van der Waals surface area contributed by atoms with Gasteiger partial charge in [-0.3, -0.25) is 19.1 Å². The Bertz CT molecular complexity index is 2130. The van der Waals surface area contributed by atoms with Crippen molar-refractivity contribution in [2.75, 3.05) is 0 Å². The van der Waals surface area contributed by atoms with Crippen molar-refractivity contribution in [1.29, 1.82) is 5.26 Å². The zero-order chi connectivity index (χ0) is 36.1. The summed E-state index contributed by atoms with van der Waals surface area (Å²) in [5.74, 6) is -0.0324. The van der Waals surface area contributed by atoms with E-state index in [1.807, 2.05) is 24.3 Å². The molecule has 10 nitrogen and oxygen atoms in total. The second-order valence-electron chi connectivity index (χ2n) is 14.0. The Morgan fingerprint density at radius 3 is 2.59 bits per heavy atom. The van der Waals surface area contributed by atoms with Crippen LogP contribution in [0, 0.1) is 30.6 Å². The first kappa shape index (κ1) is 34.2. The zero-order valence-electron chi connectivity index (χ0n) is 28.3. The predicted molar refractivity (Wildman–Crippen MR) is 180 cm³/mol. The summed E-state index contributed by atoms with van der Waals surface area (Å²) in [5, 5.41) is 15.3. The molecule has 1 amide bonds. The molecule has 0 radical (unpaired) electrons. The number of carbonyl (C=O) groups is 3. The summed E-state index contributed by atoms with van der Waals surface area (Å²) in [6.45, 7) is 3.14. The first-order chi connectivity index (χ1) is 24.4. The summed E-state index contributed by atoms with van der Waals surface area (Å²) >= 11 is 0. The fraction of sp³-hybridized carbons (Fsp3) is 0.421. The van der Waals surface area contributed by atoms with Crippen LogP contribution in [-0.4, -0.2) is 59.2 Å². The number of aromatic nitrogens is 5. The molecule has 2 fully saturated rings. The average molecular weight is 696 g/mol. The van der Waals surface area contributed by atoms with E-state index in [0.717, 1.165) is 22.8 Å². The number of ketones is 2. The number of pyridine rings is 1. The maximum absolute atomic E-state index is 14.4. The van der Waals surface area contributed by atoms with Crippen molar-refractivity contribution in [2.24, 2.45) is 5.41 Å². The van der Waals surface area contributed by atoms with Crippen LogP contribution in [0.25, 0.3) is 22.0 Å². The van der Waals surface area contributed by atoms with Crippen LogP contribution >= 0.6 is 0 Å². The van der Waals surface area contributed by atoms with Gasteiger partial charge in [0, 0.05) is 42.2 Å². The van der Waals surface area contributed by atoms with Crippen LogP contribution in [-0.2, 0) is 39.9 Å². The van der Waals surface area contributed by atoms with E-state index in [1.165, 1.54) is 10.7 Å². The standard InChI is InChI=1S/C38H36F3N7O3/c1-22-9-10-33(38(39,40)41)45-29(22)15-32(50)31-16-37-12-11-27(49)8-6-4-3-5-7-24-13-25(26-19-43-23(2)44-20-26)14-28-30(18-42)46-47(36(24)28)21-35(51)48(31)34(37)17-37/h3,5,9-10,13-14,19-20,31,34H,4,6-8,11-12,15-17,21H2,1-2H3/t31-,34+,37-/m0/s1. The third kappa shape index (κ3) is 6.67. The van der Waals surface area contributed by atoms with Gasteiger partial charge in [-0.25, -0.2) is 15.0 Å². The Kier molecular flexibility index (Phi) is 8.81. The molecule has 2 bridgehead atoms. The summed E-state index contributed by atoms with van der Waals surface area (Å²) in [6.07, 6.45) is 6.55. The number of hydrogen-bond acceptors (Lipinski definition) is 8. The molecule has 5 heterocycles. The van der Waals surface area contributed by atoms with Crippen LogP contribution in [0.4, 0.5) is 13.2 Å². The number of Topliss-reactive ketones (excluding diaryl/α,β-unsaturated/α-hetero) is 2. The van der Waals surface area contributed by atoms with Crippen molar-refractivity contribution in [3.05, 3.63) is 82.8 Å². The molecule has 1 saturated carbocycles. The van der Waals surface area contributed by atoms with Crippen LogP contribution in [0.2, 0.25) is 0 Å². The molecule has 0 N–H and O–H groups in total. The summed E-state index contributed by atoms with van der Waals surface area (Å²) in [7, 11) is 0. The van der Waals surface area contributed by atoms with E-state index in [4.69, 9.17) is 0 Å². The lowest BCUT2D eigenvalue weighted by molar-refractivity contribution is -0.141. The van der Waals surface area contributed by atoms with Crippen LogP contribution in [0.15, 0.2) is 48.8 Å². The van der Waals surface area contributed by atoms with Crippen molar-refractivity contribution in [3.8, 4) is 17.2 Å². The highest BCUT2D eigenvalue weighted by Gasteiger charge is 2.66. The van der Waals surface area contributed by atoms with Gasteiger partial charge in [0.2, 0.25) is 5.91 Å². The molecule has 1 aliphatic carbocycles. The largest absolute Gasteiger partial charge is 0.433 e. The fourth-order valence-corrected chi connectivity index (χ4v) is 7.75. The molecule has 7 rings (SSSR count). The average Bonchev–Trinajstić information content (AvgIpc) is 3.52. The van der Waals surface area contributed by atoms with Crippen molar-refractivity contribution < 1.29 is 27.6 Å². The highest BCUT2D eigenvalue weighted by molar-refractivity contribution is 5.94. The minimum Gasteiger partial charge on any atom is -0.327 e. The lowest BCUT2D eigenvalue weighted by Gasteiger charge is -2.27. The molecular formula is C38H36F3N7O3. The highest BCUT2D eigenvalue weighted by Crippen LogP contribution is 2.62. The smallest absolute Gasteiger partial charge is 0.327 e. The lowest BCUT2D eigenvalue weighted by atomic mass is 9.90. The number of rotatable bonds is 4. The van der Waals surface area contributed by atoms with Crippen LogP contribution in [0.3, 0.4) is 0 Å². The third-order valence-corrected chi connectivity index (χ3v) is 10.6. The fourth-order valence-electron chi connectivity index (χ4n) is 7.75. The Morgan fingerprint density at radius 2 is 1.84 bits per heavy atom. The van der Waals surface area contributed by atoms with Gasteiger partial charge in [0.25, 0.3) is 0 Å². The van der Waals surface area contributed by atoms with Gasteiger partial charge in [-0.05, 0) is 92.7 Å². The Morgan fingerprint density at radius 1 is 1.06 bits per heavy atom. The van der Waals surface area contributed by atoms with Gasteiger partial charge in [0.1, 0.15) is 29.9 Å². The minimum absolute atomic E-state index is 0.0192. The number of aryl methyl sites for hydroxylation is 2. The number of hydrogen-bond donors (Lipinski definition) is 0. The van der Waals surface area contributed by atoms with Crippen LogP contribution < -0.4 is 0 Å². The molecular weight excluding hydrogens is 659 g/mol. The van der Waals surface area contributed by atoms with Gasteiger partial charge in [0.15, 0.2) is 11.5 Å². The molecule has 1 aromatic carbocycles. The van der Waals surface area contributed by atoms with Crippen LogP contribution in [0.1, 0.15) is 79.0 Å². The lowest BCUT2D eigenvalue weighted by Crippen LogP contribution is -2.45. The van der Waals surface area contributed by atoms with Crippen molar-refractivity contribution in [3.63, 3.8) is 0 Å². The monoisotopic (exact) mass is 695 g/mol. The van der Waals surface area contributed by atoms with Gasteiger partial charge in [-0.15, -0.1) is 0 Å². The number of allylic oxidation sites excluding steroid dienone is 2. The van der Waals surface area contributed by atoms with Crippen molar-refractivity contribution in [2.45, 2.75) is 96.4 Å². The van der Waals surface area contributed by atoms with Crippen LogP contribution in [0.5, 0.6) is 0 Å². The van der Waals surface area contributed by atoms with Gasteiger partial charge in [-0.1, -0.05) is 18.2 Å². The van der Waals surface area contributed by atoms with Gasteiger partial charge in [0.05, 0.1) is 23.7 Å². The number of nitrogens with zero attached hydrogens (tertiary/aromatic N) is 7. The molecule has 3 aromatic heterocycles. The van der Waals surface area contributed by atoms with E-state index in [2.05, 4.69) is 26.1 Å². The van der Waals surface area contributed by atoms with E-state index in [9.17, 15) is 32.8 Å². The third-order valence-electron chi connectivity index (χ3n) is 10.6. The summed E-state index contributed by atoms with van der Waals surface area (Å²) in [6, 6.07) is 7.00. The minimum atomic E-state index is -4.67. The Balaban J connectivity index is 1.27. The molecule has 0 unspecified atom stereocenters. The van der Waals surface area contributed by atoms with Crippen molar-refractivity contribution in [1.82, 2.24) is 29.6 Å². The number of carbonyl (C=O) groups excluding carboxylic acids is 3. The molecule has 0 spiro atoms. The maximum atomic E-state index is 14.4. The van der Waals surface area contributed by atoms with Gasteiger partial charge >= 0.3 is 6.18 Å². The topological polar surface area (TPSA) is 135 Å². The Hall–Kier alpha value is -5.25. The molecule has 51 heavy (non-hydrogen) atoms. The van der Waals surface area contributed by atoms with Gasteiger partial charge in [-0.2, -0.15) is 23.5 Å². The first-order valence-corrected chi connectivity index (χ1v) is 17.1. The molecule has 4 aromatic rings. The summed E-state index contributed by atoms with van der Waals surface area (Å²) < 4.78 is 42.0. The number of piperidine rings is 1. The number of nitriles is 1. The predicted octanol–water partition coefficient (Wildman–Crippen LogP) is 6.20. The quantitative estimate of drug-likeness (QED) is 0.231. The molecule has 13 heteroatoms. The number of alkyl halides is 3. The molecule has 3 atom stereocenters. The molecule has 262 valence electrons. The second-order valence-corrected chi connectivity index (χ2v) is 14.0. The number of amides is 1. The van der Waals surface area contributed by atoms with E-state index in [-0.39, 0.29) is 42.1 Å². The number of halogens is 3. The summed E-state index contributed by atoms with van der Waals surface area (Å²) in [5.41, 5.74) is 2.10. The second kappa shape index (κ2) is 13.1. The normalized spacial score (nSPS) is 22.5. The zero-order valence-corrected chi connectivity index (χ0v) is 28.3. The van der Waals surface area contributed by atoms with E-state index in [0.29, 0.717) is 73.7 Å². The summed E-state index contributed by atoms with van der Waals surface area (Å²) in [4.78, 5) is 55.3. The SMILES string of the molecule is Cc1ncc(-c2cc3c4c(c2)c(C#N)nn4CC(=O)N2[C@H](C(=O)Cc4nc(C(F)(F)F)ccc4C)C[C@@]4(CCC(=O)CCCC=CC3)C[C@@H]24)cn1. The van der Waals surface area contributed by atoms with E-state index in [1.54, 1.807) is 31.1 Å². The van der Waals surface area contributed by atoms with E-state index < -0.39 is 29.1 Å². The van der Waals surface area contributed by atoms with Crippen molar-refractivity contribution >= 4 is 28.4 Å². The van der Waals surface area contributed by atoms with E-state index >= 15 is 0 Å².